The molecule has 0 aromatic heterocycles. The largest absolute Gasteiger partial charge is 0.480 e. The lowest BCUT2D eigenvalue weighted by Crippen LogP contribution is -2.42. The Labute approximate surface area is 107 Å². The first kappa shape index (κ1) is 11.3. The number of carbonyl (C=O) groups is 1. The standard InChI is InChI=1S/C15H17NO2/c1-2-9-5-3-7-11-10-6-4-8-12(10)14(15(17)18)16-13(9)11/h3-7,10,12,14,16H,2,8H2,1H3,(H,17,18)/t10-,12+,14+/m0/s1. The average molecular weight is 243 g/mol. The van der Waals surface area contributed by atoms with Crippen LogP contribution in [0.1, 0.15) is 30.4 Å². The van der Waals surface area contributed by atoms with E-state index in [0.29, 0.717) is 0 Å². The van der Waals surface area contributed by atoms with Crippen LogP contribution in [0, 0.1) is 5.92 Å². The van der Waals surface area contributed by atoms with Crippen molar-refractivity contribution in [1.29, 1.82) is 0 Å². The van der Waals surface area contributed by atoms with Crippen molar-refractivity contribution in [3.63, 3.8) is 0 Å². The van der Waals surface area contributed by atoms with Crippen LogP contribution in [0.4, 0.5) is 5.69 Å². The second kappa shape index (κ2) is 4.16. The van der Waals surface area contributed by atoms with E-state index in [1.165, 1.54) is 11.1 Å². The lowest BCUT2D eigenvalue weighted by Gasteiger charge is -2.35. The highest BCUT2D eigenvalue weighted by Crippen LogP contribution is 2.45. The van der Waals surface area contributed by atoms with Crippen molar-refractivity contribution >= 4 is 11.7 Å². The third kappa shape index (κ3) is 1.54. The lowest BCUT2D eigenvalue weighted by molar-refractivity contribution is -0.139. The van der Waals surface area contributed by atoms with Crippen LogP contribution >= 0.6 is 0 Å². The fourth-order valence-electron chi connectivity index (χ4n) is 3.23. The molecule has 0 spiro atoms. The van der Waals surface area contributed by atoms with Gasteiger partial charge in [0, 0.05) is 17.5 Å². The van der Waals surface area contributed by atoms with E-state index in [4.69, 9.17) is 0 Å². The quantitative estimate of drug-likeness (QED) is 0.785. The first-order chi connectivity index (χ1) is 8.72. The minimum absolute atomic E-state index is 0.155. The van der Waals surface area contributed by atoms with E-state index in [-0.39, 0.29) is 11.8 Å². The molecule has 1 aromatic carbocycles. The Morgan fingerprint density at radius 1 is 1.50 bits per heavy atom. The van der Waals surface area contributed by atoms with Gasteiger partial charge in [-0.05, 0) is 24.0 Å². The summed E-state index contributed by atoms with van der Waals surface area (Å²) >= 11 is 0. The van der Waals surface area contributed by atoms with E-state index in [1.807, 2.05) is 0 Å². The van der Waals surface area contributed by atoms with Gasteiger partial charge in [0.2, 0.25) is 0 Å². The fourth-order valence-corrected chi connectivity index (χ4v) is 3.23. The number of benzene rings is 1. The Morgan fingerprint density at radius 3 is 3.06 bits per heavy atom. The molecule has 0 fully saturated rings. The Hall–Kier alpha value is -1.77. The highest BCUT2D eigenvalue weighted by Gasteiger charge is 2.41. The van der Waals surface area contributed by atoms with Crippen LogP contribution in [-0.2, 0) is 11.2 Å². The molecule has 0 bridgehead atoms. The van der Waals surface area contributed by atoms with Gasteiger partial charge < -0.3 is 10.4 Å². The summed E-state index contributed by atoms with van der Waals surface area (Å²) < 4.78 is 0. The molecule has 0 saturated carbocycles. The van der Waals surface area contributed by atoms with Crippen molar-refractivity contribution in [2.45, 2.75) is 31.7 Å². The average Bonchev–Trinajstić information content (AvgIpc) is 2.86. The Kier molecular flexibility index (Phi) is 2.62. The molecule has 3 heteroatoms. The SMILES string of the molecule is CCc1cccc2c1N[C@@H](C(=O)O)[C@@H]1CC=C[C@@H]21. The van der Waals surface area contributed by atoms with Gasteiger partial charge in [0.1, 0.15) is 6.04 Å². The van der Waals surface area contributed by atoms with Crippen LogP contribution in [0.5, 0.6) is 0 Å². The minimum atomic E-state index is -0.745. The monoisotopic (exact) mass is 243 g/mol. The second-order valence-corrected chi connectivity index (χ2v) is 5.05. The van der Waals surface area contributed by atoms with Crippen molar-refractivity contribution in [2.75, 3.05) is 5.32 Å². The van der Waals surface area contributed by atoms with E-state index in [9.17, 15) is 9.90 Å². The van der Waals surface area contributed by atoms with Crippen LogP contribution in [-0.4, -0.2) is 17.1 Å². The zero-order chi connectivity index (χ0) is 12.7. The number of anilines is 1. The van der Waals surface area contributed by atoms with Crippen molar-refractivity contribution in [1.82, 2.24) is 0 Å². The molecular formula is C15H17NO2. The highest BCUT2D eigenvalue weighted by atomic mass is 16.4. The van der Waals surface area contributed by atoms with Gasteiger partial charge in [0.15, 0.2) is 0 Å². The van der Waals surface area contributed by atoms with E-state index in [0.717, 1.165) is 18.5 Å². The first-order valence-corrected chi connectivity index (χ1v) is 6.50. The number of aliphatic carboxylic acids is 1. The van der Waals surface area contributed by atoms with Crippen LogP contribution in [0.3, 0.4) is 0 Å². The van der Waals surface area contributed by atoms with Crippen molar-refractivity contribution in [2.24, 2.45) is 5.92 Å². The zero-order valence-corrected chi connectivity index (χ0v) is 10.4. The number of rotatable bonds is 2. The summed E-state index contributed by atoms with van der Waals surface area (Å²) in [5, 5.41) is 12.6. The molecule has 0 radical (unpaired) electrons. The normalized spacial score (nSPS) is 28.4. The first-order valence-electron chi connectivity index (χ1n) is 6.50. The highest BCUT2D eigenvalue weighted by molar-refractivity contribution is 5.81. The molecule has 3 rings (SSSR count). The summed E-state index contributed by atoms with van der Waals surface area (Å²) in [6.07, 6.45) is 6.05. The van der Waals surface area contributed by atoms with Gasteiger partial charge in [-0.1, -0.05) is 37.3 Å². The predicted octanol–water partition coefficient (Wildman–Crippen LogP) is 2.79. The summed E-state index contributed by atoms with van der Waals surface area (Å²) in [5.41, 5.74) is 3.50. The number of fused-ring (bicyclic) bond motifs is 3. The maximum atomic E-state index is 11.4. The molecule has 18 heavy (non-hydrogen) atoms. The molecule has 0 amide bonds. The summed E-state index contributed by atoms with van der Waals surface area (Å²) in [4.78, 5) is 11.4. The molecule has 1 aliphatic carbocycles. The molecule has 3 atom stereocenters. The number of allylic oxidation sites excluding steroid dienone is 2. The number of para-hydroxylation sites is 1. The summed E-state index contributed by atoms with van der Waals surface area (Å²) in [7, 11) is 0. The van der Waals surface area contributed by atoms with E-state index in [2.05, 4.69) is 42.6 Å². The third-order valence-corrected chi connectivity index (χ3v) is 4.13. The number of aryl methyl sites for hydroxylation is 1. The molecule has 1 aromatic rings. The van der Waals surface area contributed by atoms with Gasteiger partial charge in [-0.3, -0.25) is 0 Å². The fraction of sp³-hybridized carbons (Fsp3) is 0.400. The van der Waals surface area contributed by atoms with Crippen LogP contribution in [0.15, 0.2) is 30.4 Å². The molecule has 2 aliphatic rings. The molecule has 1 aliphatic heterocycles. The topological polar surface area (TPSA) is 49.3 Å². The van der Waals surface area contributed by atoms with Gasteiger partial charge in [-0.25, -0.2) is 4.79 Å². The molecule has 0 unspecified atom stereocenters. The van der Waals surface area contributed by atoms with E-state index < -0.39 is 12.0 Å². The van der Waals surface area contributed by atoms with E-state index in [1.54, 1.807) is 0 Å². The summed E-state index contributed by atoms with van der Waals surface area (Å²) in [6, 6.07) is 5.80. The molecule has 3 nitrogen and oxygen atoms in total. The molecule has 94 valence electrons. The second-order valence-electron chi connectivity index (χ2n) is 5.05. The van der Waals surface area contributed by atoms with E-state index >= 15 is 0 Å². The summed E-state index contributed by atoms with van der Waals surface area (Å²) in [5.74, 6) is -0.332. The maximum Gasteiger partial charge on any atom is 0.326 e. The van der Waals surface area contributed by atoms with Gasteiger partial charge in [-0.15, -0.1) is 0 Å². The van der Waals surface area contributed by atoms with Crippen LogP contribution in [0.2, 0.25) is 0 Å². The number of nitrogens with one attached hydrogen (secondary N) is 1. The number of carboxylic acid groups (broad SMARTS) is 1. The van der Waals surface area contributed by atoms with Crippen molar-refractivity contribution in [3.8, 4) is 0 Å². The van der Waals surface area contributed by atoms with Crippen LogP contribution < -0.4 is 5.32 Å². The number of carboxylic acids is 1. The van der Waals surface area contributed by atoms with Crippen molar-refractivity contribution < 1.29 is 9.90 Å². The summed E-state index contributed by atoms with van der Waals surface area (Å²) in [6.45, 7) is 2.10. The molecule has 1 heterocycles. The van der Waals surface area contributed by atoms with Crippen molar-refractivity contribution in [3.05, 3.63) is 41.5 Å². The number of hydrogen-bond acceptors (Lipinski definition) is 2. The number of hydrogen-bond donors (Lipinski definition) is 2. The van der Waals surface area contributed by atoms with Gasteiger partial charge in [0.05, 0.1) is 0 Å². The Morgan fingerprint density at radius 2 is 2.33 bits per heavy atom. The molecular weight excluding hydrogens is 226 g/mol. The molecule has 2 N–H and O–H groups in total. The third-order valence-electron chi connectivity index (χ3n) is 4.13. The van der Waals surface area contributed by atoms with Gasteiger partial charge in [-0.2, -0.15) is 0 Å². The van der Waals surface area contributed by atoms with Gasteiger partial charge in [0.25, 0.3) is 0 Å². The molecule has 0 saturated heterocycles. The maximum absolute atomic E-state index is 11.4. The Balaban J connectivity index is 2.11. The zero-order valence-electron chi connectivity index (χ0n) is 10.4. The lowest BCUT2D eigenvalue weighted by atomic mass is 9.78. The smallest absolute Gasteiger partial charge is 0.326 e. The minimum Gasteiger partial charge on any atom is -0.480 e. The van der Waals surface area contributed by atoms with Crippen LogP contribution in [0.25, 0.3) is 0 Å². The van der Waals surface area contributed by atoms with Gasteiger partial charge >= 0.3 is 5.97 Å². The Bertz CT molecular complexity index is 521. The predicted molar refractivity (Wildman–Crippen MR) is 70.9 cm³/mol.